The number of hydrogen-bond donors (Lipinski definition) is 2. The van der Waals surface area contributed by atoms with Gasteiger partial charge in [-0.15, -0.1) is 0 Å². The van der Waals surface area contributed by atoms with E-state index >= 15 is 0 Å². The Kier molecular flexibility index (Phi) is 12.7. The molecule has 4 nitrogen and oxygen atoms in total. The van der Waals surface area contributed by atoms with E-state index in [1.807, 2.05) is 0 Å². The molecule has 126 valence electrons. The Morgan fingerprint density at radius 3 is 1.81 bits per heavy atom. The summed E-state index contributed by atoms with van der Waals surface area (Å²) in [5.74, 6) is -0.268. The van der Waals surface area contributed by atoms with Gasteiger partial charge in [0.05, 0.1) is 0 Å². The minimum absolute atomic E-state index is 0.191. The van der Waals surface area contributed by atoms with Crippen LogP contribution in [0.1, 0.15) is 90.9 Å². The molecule has 0 aromatic rings. The van der Waals surface area contributed by atoms with Gasteiger partial charge in [0.2, 0.25) is 0 Å². The third-order valence-corrected chi connectivity index (χ3v) is 3.90. The third-order valence-electron chi connectivity index (χ3n) is 3.90. The second-order valence-electron chi connectivity index (χ2n) is 6.03. The van der Waals surface area contributed by atoms with Crippen molar-refractivity contribution in [3.8, 4) is 0 Å². The van der Waals surface area contributed by atoms with Crippen LogP contribution in [-0.2, 0) is 9.53 Å². The fraction of sp³-hybridized carbons (Fsp3) is 0.941. The Bertz CT molecular complexity index is 259. The highest BCUT2D eigenvalue weighted by molar-refractivity contribution is 5.69. The second-order valence-corrected chi connectivity index (χ2v) is 6.03. The molecule has 1 atom stereocenters. The van der Waals surface area contributed by atoms with Crippen LogP contribution in [0.15, 0.2) is 0 Å². The predicted octanol–water partition coefficient (Wildman–Crippen LogP) is 3.86. The van der Waals surface area contributed by atoms with Crippen molar-refractivity contribution in [2.45, 2.75) is 96.6 Å². The van der Waals surface area contributed by atoms with E-state index in [0.717, 1.165) is 12.8 Å². The van der Waals surface area contributed by atoms with Crippen LogP contribution in [0.5, 0.6) is 0 Å². The van der Waals surface area contributed by atoms with Gasteiger partial charge in [0.25, 0.3) is 0 Å². The topological polar surface area (TPSA) is 78.3 Å². The summed E-state index contributed by atoms with van der Waals surface area (Å²) < 4.78 is 5.23. The zero-order valence-corrected chi connectivity index (χ0v) is 14.2. The summed E-state index contributed by atoms with van der Waals surface area (Å²) in [6.45, 7) is 4.20. The average molecular weight is 300 g/mol. The molecule has 0 fully saturated rings. The molecule has 0 amide bonds. The van der Waals surface area contributed by atoms with Gasteiger partial charge in [-0.05, 0) is 6.42 Å². The Morgan fingerprint density at radius 2 is 1.38 bits per heavy atom. The lowest BCUT2D eigenvalue weighted by atomic mass is 10.0. The van der Waals surface area contributed by atoms with Crippen molar-refractivity contribution in [2.75, 3.05) is 6.54 Å². The number of esters is 1. The van der Waals surface area contributed by atoms with Crippen molar-refractivity contribution in [1.29, 1.82) is 0 Å². The average Bonchev–Trinajstić information content (AvgIpc) is 2.49. The van der Waals surface area contributed by atoms with Crippen molar-refractivity contribution in [1.82, 2.24) is 0 Å². The molecule has 4 N–H and O–H groups in total. The van der Waals surface area contributed by atoms with Gasteiger partial charge in [-0.2, -0.15) is 0 Å². The molecule has 0 aromatic carbocycles. The quantitative estimate of drug-likeness (QED) is 0.290. The van der Waals surface area contributed by atoms with Gasteiger partial charge in [-0.25, -0.2) is 0 Å². The molecule has 0 radical (unpaired) electrons. The summed E-state index contributed by atoms with van der Waals surface area (Å²) in [5.41, 5.74) is 10.7. The molecule has 0 saturated heterocycles. The molecule has 0 rings (SSSR count). The number of rotatable bonds is 14. The maximum Gasteiger partial charge on any atom is 0.307 e. The second kappa shape index (κ2) is 13.1. The van der Waals surface area contributed by atoms with Gasteiger partial charge < -0.3 is 10.5 Å². The molecular formula is C17H36N2O2. The molecule has 0 spiro atoms. The molecule has 0 saturated carbocycles. The zero-order valence-electron chi connectivity index (χ0n) is 14.2. The number of hydrogen-bond acceptors (Lipinski definition) is 4. The Balaban J connectivity index is 3.53. The van der Waals surface area contributed by atoms with Crippen LogP contribution in [0.3, 0.4) is 0 Å². The lowest BCUT2D eigenvalue weighted by molar-refractivity contribution is -0.158. The first-order chi connectivity index (χ1) is 10.1. The fourth-order valence-corrected chi connectivity index (χ4v) is 2.41. The predicted molar refractivity (Wildman–Crippen MR) is 88.8 cm³/mol. The van der Waals surface area contributed by atoms with Gasteiger partial charge >= 0.3 is 5.97 Å². The zero-order chi connectivity index (χ0) is 16.0. The highest BCUT2D eigenvalue weighted by Gasteiger charge is 2.26. The third kappa shape index (κ3) is 11.7. The first-order valence-corrected chi connectivity index (χ1v) is 8.78. The van der Waals surface area contributed by atoms with Crippen molar-refractivity contribution in [3.05, 3.63) is 0 Å². The molecule has 0 aliphatic rings. The maximum absolute atomic E-state index is 11.3. The number of ether oxygens (including phenoxy) is 1. The minimum Gasteiger partial charge on any atom is -0.443 e. The Hall–Kier alpha value is -0.610. The SMILES string of the molecule is CCCCCCCCCCCCC(N)(CN)OC(=O)CC. The molecule has 4 heteroatoms. The van der Waals surface area contributed by atoms with Crippen molar-refractivity contribution >= 4 is 5.97 Å². The summed E-state index contributed by atoms with van der Waals surface area (Å²) >= 11 is 0. The van der Waals surface area contributed by atoms with Crippen LogP contribution >= 0.6 is 0 Å². The molecule has 0 heterocycles. The van der Waals surface area contributed by atoms with Gasteiger partial charge in [0.1, 0.15) is 0 Å². The Labute approximate surface area is 131 Å². The summed E-state index contributed by atoms with van der Waals surface area (Å²) in [7, 11) is 0. The van der Waals surface area contributed by atoms with E-state index in [1.165, 1.54) is 51.4 Å². The first-order valence-electron chi connectivity index (χ1n) is 8.78. The van der Waals surface area contributed by atoms with Crippen LogP contribution in [0.2, 0.25) is 0 Å². The summed E-state index contributed by atoms with van der Waals surface area (Å²) in [6, 6.07) is 0. The van der Waals surface area contributed by atoms with E-state index in [2.05, 4.69) is 6.92 Å². The fourth-order valence-electron chi connectivity index (χ4n) is 2.41. The first kappa shape index (κ1) is 20.4. The van der Waals surface area contributed by atoms with Gasteiger partial charge in [-0.1, -0.05) is 71.6 Å². The minimum atomic E-state index is -0.965. The highest BCUT2D eigenvalue weighted by Crippen LogP contribution is 2.16. The lowest BCUT2D eigenvalue weighted by Gasteiger charge is -2.27. The molecule has 0 bridgehead atoms. The molecule has 0 aromatic heterocycles. The maximum atomic E-state index is 11.3. The molecular weight excluding hydrogens is 264 g/mol. The molecule has 21 heavy (non-hydrogen) atoms. The van der Waals surface area contributed by atoms with E-state index in [-0.39, 0.29) is 12.5 Å². The van der Waals surface area contributed by atoms with Gasteiger partial charge in [0, 0.05) is 19.4 Å². The van der Waals surface area contributed by atoms with Crippen molar-refractivity contribution in [3.63, 3.8) is 0 Å². The normalized spacial score (nSPS) is 13.9. The lowest BCUT2D eigenvalue weighted by Crippen LogP contribution is -2.50. The van der Waals surface area contributed by atoms with Crippen LogP contribution in [0.4, 0.5) is 0 Å². The number of carbonyl (C=O) groups is 1. The standard InChI is InChI=1S/C17H36N2O2/c1-3-5-6-7-8-9-10-11-12-13-14-17(19,15-18)21-16(20)4-2/h3-15,18-19H2,1-2H3. The molecule has 0 aliphatic heterocycles. The summed E-state index contributed by atoms with van der Waals surface area (Å²) in [6.07, 6.45) is 13.8. The summed E-state index contributed by atoms with van der Waals surface area (Å²) in [5, 5.41) is 0. The number of unbranched alkanes of at least 4 members (excludes halogenated alkanes) is 9. The summed E-state index contributed by atoms with van der Waals surface area (Å²) in [4.78, 5) is 11.3. The monoisotopic (exact) mass is 300 g/mol. The van der Waals surface area contributed by atoms with Crippen molar-refractivity contribution in [2.24, 2.45) is 11.5 Å². The molecule has 0 aliphatic carbocycles. The number of nitrogens with two attached hydrogens (primary N) is 2. The smallest absolute Gasteiger partial charge is 0.307 e. The van der Waals surface area contributed by atoms with E-state index in [1.54, 1.807) is 6.92 Å². The number of carbonyl (C=O) groups excluding carboxylic acids is 1. The Morgan fingerprint density at radius 1 is 0.905 bits per heavy atom. The van der Waals surface area contributed by atoms with Crippen LogP contribution < -0.4 is 11.5 Å². The van der Waals surface area contributed by atoms with Gasteiger partial charge in [0.15, 0.2) is 5.72 Å². The highest BCUT2D eigenvalue weighted by atomic mass is 16.6. The largest absolute Gasteiger partial charge is 0.443 e. The van der Waals surface area contributed by atoms with E-state index in [9.17, 15) is 4.79 Å². The van der Waals surface area contributed by atoms with Crippen LogP contribution in [0.25, 0.3) is 0 Å². The van der Waals surface area contributed by atoms with E-state index < -0.39 is 5.72 Å². The van der Waals surface area contributed by atoms with E-state index in [0.29, 0.717) is 12.8 Å². The van der Waals surface area contributed by atoms with Gasteiger partial charge in [-0.3, -0.25) is 10.5 Å². The van der Waals surface area contributed by atoms with Crippen LogP contribution in [0, 0.1) is 0 Å². The molecule has 1 unspecified atom stereocenters. The van der Waals surface area contributed by atoms with Crippen molar-refractivity contribution < 1.29 is 9.53 Å². The van der Waals surface area contributed by atoms with Crippen LogP contribution in [-0.4, -0.2) is 18.2 Å². The van der Waals surface area contributed by atoms with E-state index in [4.69, 9.17) is 16.2 Å².